The lowest BCUT2D eigenvalue weighted by Crippen LogP contribution is -2.40. The molecule has 0 spiro atoms. The summed E-state index contributed by atoms with van der Waals surface area (Å²) in [5.74, 6) is 0. The summed E-state index contributed by atoms with van der Waals surface area (Å²) < 4.78 is 0. The molecule has 1 heterocycles. The Kier molecular flexibility index (Phi) is 2.10. The van der Waals surface area contributed by atoms with E-state index in [1.807, 2.05) is 0 Å². The lowest BCUT2D eigenvalue weighted by Gasteiger charge is -2.40. The van der Waals surface area contributed by atoms with Gasteiger partial charge in [-0.25, -0.2) is 0 Å². The highest BCUT2D eigenvalue weighted by atomic mass is 15.0. The molecular weight excluding hydrogens is 182 g/mol. The van der Waals surface area contributed by atoms with E-state index >= 15 is 0 Å². The number of piperidine rings is 1. The predicted molar refractivity (Wildman–Crippen MR) is 62.8 cm³/mol. The molecule has 15 heavy (non-hydrogen) atoms. The average molecular weight is 201 g/mol. The molecule has 1 aliphatic heterocycles. The molecule has 1 nitrogen and oxygen atoms in total. The van der Waals surface area contributed by atoms with Crippen LogP contribution in [0.4, 0.5) is 0 Å². The lowest BCUT2D eigenvalue weighted by molar-refractivity contribution is 0.146. The van der Waals surface area contributed by atoms with Crippen molar-refractivity contribution in [2.45, 2.75) is 38.6 Å². The third kappa shape index (κ3) is 1.26. The fourth-order valence-corrected chi connectivity index (χ4v) is 3.54. The van der Waals surface area contributed by atoms with Crippen molar-refractivity contribution in [2.24, 2.45) is 5.41 Å². The zero-order valence-electron chi connectivity index (χ0n) is 9.42. The Morgan fingerprint density at radius 2 is 2.27 bits per heavy atom. The fourth-order valence-electron chi connectivity index (χ4n) is 3.54. The standard InChI is InChI=1S/C14H19N/c1-2-14-8-5-9-15-13(14)12-7-4-3-6-11(12)10-14/h3-4,6-7,13,15H,2,5,8-10H2,1H3/t13-,14-/m1/s1. The molecule has 1 aromatic rings. The molecule has 1 saturated heterocycles. The summed E-state index contributed by atoms with van der Waals surface area (Å²) in [4.78, 5) is 0. The van der Waals surface area contributed by atoms with Gasteiger partial charge in [0.1, 0.15) is 0 Å². The second-order valence-corrected chi connectivity index (χ2v) is 5.08. The summed E-state index contributed by atoms with van der Waals surface area (Å²) in [5.41, 5.74) is 3.68. The van der Waals surface area contributed by atoms with Crippen molar-refractivity contribution < 1.29 is 0 Å². The van der Waals surface area contributed by atoms with Crippen molar-refractivity contribution in [3.05, 3.63) is 35.4 Å². The molecule has 2 aliphatic rings. The molecule has 3 rings (SSSR count). The largest absolute Gasteiger partial charge is 0.309 e. The minimum atomic E-state index is 0.530. The Morgan fingerprint density at radius 1 is 1.40 bits per heavy atom. The number of rotatable bonds is 1. The summed E-state index contributed by atoms with van der Waals surface area (Å²) in [5, 5.41) is 3.73. The Hall–Kier alpha value is -0.820. The van der Waals surface area contributed by atoms with Gasteiger partial charge in [-0.2, -0.15) is 0 Å². The molecule has 0 aromatic heterocycles. The minimum absolute atomic E-state index is 0.530. The number of nitrogens with one attached hydrogen (secondary N) is 1. The SMILES string of the molecule is CC[C@]12CCCN[C@@H]1c1ccccc1C2. The van der Waals surface area contributed by atoms with Crippen molar-refractivity contribution in [2.75, 3.05) is 6.54 Å². The number of fused-ring (bicyclic) bond motifs is 3. The topological polar surface area (TPSA) is 12.0 Å². The molecule has 1 heteroatoms. The molecule has 2 atom stereocenters. The van der Waals surface area contributed by atoms with Crippen molar-refractivity contribution in [3.8, 4) is 0 Å². The van der Waals surface area contributed by atoms with E-state index in [2.05, 4.69) is 36.5 Å². The van der Waals surface area contributed by atoms with Crippen LogP contribution >= 0.6 is 0 Å². The van der Waals surface area contributed by atoms with E-state index in [0.29, 0.717) is 11.5 Å². The third-order valence-corrected chi connectivity index (χ3v) is 4.43. The van der Waals surface area contributed by atoms with Gasteiger partial charge >= 0.3 is 0 Å². The Bertz CT molecular complexity index is 371. The maximum atomic E-state index is 3.73. The van der Waals surface area contributed by atoms with Gasteiger partial charge in [0.25, 0.3) is 0 Å². The Balaban J connectivity index is 2.06. The molecule has 1 fully saturated rings. The van der Waals surface area contributed by atoms with E-state index < -0.39 is 0 Å². The first kappa shape index (κ1) is 9.41. The second kappa shape index (κ2) is 3.34. The molecule has 1 aliphatic carbocycles. The van der Waals surface area contributed by atoms with Gasteiger partial charge < -0.3 is 5.32 Å². The van der Waals surface area contributed by atoms with Crippen LogP contribution in [0.25, 0.3) is 0 Å². The molecule has 1 N–H and O–H groups in total. The maximum Gasteiger partial charge on any atom is 0.0383 e. The van der Waals surface area contributed by atoms with Gasteiger partial charge in [0.05, 0.1) is 0 Å². The maximum absolute atomic E-state index is 3.73. The highest BCUT2D eigenvalue weighted by molar-refractivity contribution is 5.38. The van der Waals surface area contributed by atoms with Gasteiger partial charge in [-0.05, 0) is 48.8 Å². The van der Waals surface area contributed by atoms with Gasteiger partial charge in [-0.3, -0.25) is 0 Å². The first-order valence-electron chi connectivity index (χ1n) is 6.17. The van der Waals surface area contributed by atoms with Crippen LogP contribution in [-0.2, 0) is 6.42 Å². The number of hydrogen-bond donors (Lipinski definition) is 1. The summed E-state index contributed by atoms with van der Waals surface area (Å²) in [6, 6.07) is 9.62. The summed E-state index contributed by atoms with van der Waals surface area (Å²) in [7, 11) is 0. The van der Waals surface area contributed by atoms with Crippen LogP contribution in [0.15, 0.2) is 24.3 Å². The predicted octanol–water partition coefficient (Wildman–Crippen LogP) is 3.06. The van der Waals surface area contributed by atoms with E-state index in [9.17, 15) is 0 Å². The van der Waals surface area contributed by atoms with Gasteiger partial charge in [0.2, 0.25) is 0 Å². The molecule has 80 valence electrons. The second-order valence-electron chi connectivity index (χ2n) is 5.08. The summed E-state index contributed by atoms with van der Waals surface area (Å²) >= 11 is 0. The number of benzene rings is 1. The molecule has 0 bridgehead atoms. The highest BCUT2D eigenvalue weighted by Crippen LogP contribution is 2.52. The van der Waals surface area contributed by atoms with Crippen LogP contribution in [0.5, 0.6) is 0 Å². The van der Waals surface area contributed by atoms with Crippen molar-refractivity contribution in [1.82, 2.24) is 5.32 Å². The van der Waals surface area contributed by atoms with E-state index in [-0.39, 0.29) is 0 Å². The molecule has 0 unspecified atom stereocenters. The van der Waals surface area contributed by atoms with Crippen molar-refractivity contribution in [1.29, 1.82) is 0 Å². The van der Waals surface area contributed by atoms with Crippen molar-refractivity contribution in [3.63, 3.8) is 0 Å². The molecule has 0 amide bonds. The van der Waals surface area contributed by atoms with Crippen LogP contribution in [0, 0.1) is 5.41 Å². The molecule has 0 saturated carbocycles. The smallest absolute Gasteiger partial charge is 0.0383 e. The van der Waals surface area contributed by atoms with Crippen LogP contribution in [0.3, 0.4) is 0 Å². The monoisotopic (exact) mass is 201 g/mol. The molecule has 0 radical (unpaired) electrons. The first-order chi connectivity index (χ1) is 7.36. The van der Waals surface area contributed by atoms with E-state index in [1.165, 1.54) is 32.2 Å². The zero-order valence-corrected chi connectivity index (χ0v) is 9.42. The lowest BCUT2D eigenvalue weighted by atomic mass is 9.72. The quantitative estimate of drug-likeness (QED) is 0.736. The summed E-state index contributed by atoms with van der Waals surface area (Å²) in [6.45, 7) is 3.55. The average Bonchev–Trinajstić information content (AvgIpc) is 2.64. The van der Waals surface area contributed by atoms with Crippen molar-refractivity contribution >= 4 is 0 Å². The normalized spacial score (nSPS) is 33.5. The molecular formula is C14H19N. The van der Waals surface area contributed by atoms with Gasteiger partial charge in [0, 0.05) is 6.04 Å². The minimum Gasteiger partial charge on any atom is -0.309 e. The molecule has 1 aromatic carbocycles. The van der Waals surface area contributed by atoms with Gasteiger partial charge in [-0.1, -0.05) is 31.2 Å². The van der Waals surface area contributed by atoms with Crippen LogP contribution in [0.2, 0.25) is 0 Å². The number of hydrogen-bond acceptors (Lipinski definition) is 1. The Morgan fingerprint density at radius 3 is 3.13 bits per heavy atom. The zero-order chi connectivity index (χ0) is 10.3. The van der Waals surface area contributed by atoms with Crippen LogP contribution in [0.1, 0.15) is 43.4 Å². The van der Waals surface area contributed by atoms with E-state index in [0.717, 1.165) is 0 Å². The summed E-state index contributed by atoms with van der Waals surface area (Å²) in [6.07, 6.45) is 5.34. The van der Waals surface area contributed by atoms with Gasteiger partial charge in [-0.15, -0.1) is 0 Å². The van der Waals surface area contributed by atoms with Gasteiger partial charge in [0.15, 0.2) is 0 Å². The highest BCUT2D eigenvalue weighted by Gasteiger charge is 2.45. The Labute approximate surface area is 91.9 Å². The van der Waals surface area contributed by atoms with E-state index in [1.54, 1.807) is 11.1 Å². The first-order valence-corrected chi connectivity index (χ1v) is 6.17. The van der Waals surface area contributed by atoms with E-state index in [4.69, 9.17) is 0 Å². The van der Waals surface area contributed by atoms with Crippen LogP contribution in [-0.4, -0.2) is 6.54 Å². The third-order valence-electron chi connectivity index (χ3n) is 4.43. The van der Waals surface area contributed by atoms with Crippen LogP contribution < -0.4 is 5.32 Å². The fraction of sp³-hybridized carbons (Fsp3) is 0.571.